The molecule has 1 aromatic carbocycles. The first-order valence-corrected chi connectivity index (χ1v) is 7.31. The summed E-state index contributed by atoms with van der Waals surface area (Å²) in [7, 11) is 0. The van der Waals surface area contributed by atoms with Gasteiger partial charge in [-0.2, -0.15) is 0 Å². The lowest BCUT2D eigenvalue weighted by atomic mass is 10.0. The predicted octanol–water partition coefficient (Wildman–Crippen LogP) is 3.61. The van der Waals surface area contributed by atoms with Crippen molar-refractivity contribution in [3.8, 4) is 0 Å². The van der Waals surface area contributed by atoms with Crippen LogP contribution in [0.4, 0.5) is 5.69 Å². The minimum atomic E-state index is 0.171. The molecule has 3 heteroatoms. The summed E-state index contributed by atoms with van der Waals surface area (Å²) in [4.78, 5) is 2.49. The molecular weight excluding hydrogens is 244 g/mol. The van der Waals surface area contributed by atoms with E-state index in [0.29, 0.717) is 6.04 Å². The third-order valence-corrected chi connectivity index (χ3v) is 4.05. The normalized spacial score (nSPS) is 21.3. The first-order chi connectivity index (χ1) is 8.63. The molecule has 1 aliphatic rings. The van der Waals surface area contributed by atoms with Crippen molar-refractivity contribution in [1.29, 1.82) is 0 Å². The lowest BCUT2D eigenvalue weighted by molar-refractivity contribution is 0.641. The molecule has 0 bridgehead atoms. The van der Waals surface area contributed by atoms with Gasteiger partial charge in [-0.3, -0.25) is 0 Å². The van der Waals surface area contributed by atoms with Gasteiger partial charge in [-0.25, -0.2) is 0 Å². The van der Waals surface area contributed by atoms with Gasteiger partial charge >= 0.3 is 0 Å². The van der Waals surface area contributed by atoms with Crippen LogP contribution >= 0.6 is 11.6 Å². The van der Waals surface area contributed by atoms with Crippen LogP contribution in [0.2, 0.25) is 5.02 Å². The highest BCUT2D eigenvalue weighted by Gasteiger charge is 2.26. The van der Waals surface area contributed by atoms with Gasteiger partial charge in [-0.05, 0) is 44.2 Å². The Morgan fingerprint density at radius 1 is 1.50 bits per heavy atom. The van der Waals surface area contributed by atoms with Crippen LogP contribution < -0.4 is 10.6 Å². The number of para-hydroxylation sites is 1. The largest absolute Gasteiger partial charge is 0.367 e. The maximum absolute atomic E-state index is 6.43. The van der Waals surface area contributed by atoms with E-state index in [2.05, 4.69) is 17.9 Å². The second-order valence-corrected chi connectivity index (χ2v) is 5.73. The molecule has 1 aliphatic heterocycles. The van der Waals surface area contributed by atoms with Crippen molar-refractivity contribution in [2.75, 3.05) is 11.4 Å². The van der Waals surface area contributed by atoms with Gasteiger partial charge in [-0.1, -0.05) is 30.7 Å². The topological polar surface area (TPSA) is 29.3 Å². The summed E-state index contributed by atoms with van der Waals surface area (Å²) in [5.41, 5.74) is 8.46. The van der Waals surface area contributed by atoms with Crippen molar-refractivity contribution in [2.45, 2.75) is 51.6 Å². The fourth-order valence-corrected chi connectivity index (χ4v) is 3.25. The monoisotopic (exact) mass is 266 g/mol. The second-order valence-electron chi connectivity index (χ2n) is 5.33. The SMILES string of the molecule is CCC1CCCN1c1c(Cl)cccc1CC(C)N. The molecule has 2 atom stereocenters. The fourth-order valence-electron chi connectivity index (χ4n) is 2.95. The highest BCUT2D eigenvalue weighted by atomic mass is 35.5. The third kappa shape index (κ3) is 2.81. The van der Waals surface area contributed by atoms with Gasteiger partial charge in [0.05, 0.1) is 10.7 Å². The average Bonchev–Trinajstić information content (AvgIpc) is 2.76. The molecule has 0 radical (unpaired) electrons. The van der Waals surface area contributed by atoms with Gasteiger partial charge < -0.3 is 10.6 Å². The maximum atomic E-state index is 6.43. The summed E-state index contributed by atoms with van der Waals surface area (Å²) in [5, 5.41) is 0.869. The van der Waals surface area contributed by atoms with Crippen molar-refractivity contribution >= 4 is 17.3 Å². The number of nitrogens with zero attached hydrogens (tertiary/aromatic N) is 1. The molecule has 18 heavy (non-hydrogen) atoms. The lowest BCUT2D eigenvalue weighted by Gasteiger charge is -2.29. The van der Waals surface area contributed by atoms with E-state index in [9.17, 15) is 0 Å². The summed E-state index contributed by atoms with van der Waals surface area (Å²) in [6.45, 7) is 5.42. The van der Waals surface area contributed by atoms with Crippen LogP contribution in [0.3, 0.4) is 0 Å². The Morgan fingerprint density at radius 3 is 2.94 bits per heavy atom. The minimum Gasteiger partial charge on any atom is -0.367 e. The zero-order valence-corrected chi connectivity index (χ0v) is 12.1. The molecule has 1 saturated heterocycles. The summed E-state index contributed by atoms with van der Waals surface area (Å²) in [5.74, 6) is 0. The molecule has 2 nitrogen and oxygen atoms in total. The molecular formula is C15H23ClN2. The minimum absolute atomic E-state index is 0.171. The summed E-state index contributed by atoms with van der Waals surface area (Å²) >= 11 is 6.43. The molecule has 100 valence electrons. The van der Waals surface area contributed by atoms with E-state index in [1.807, 2.05) is 19.1 Å². The molecule has 0 spiro atoms. The Hall–Kier alpha value is -0.730. The molecule has 1 aromatic rings. The zero-order valence-electron chi connectivity index (χ0n) is 11.3. The number of halogens is 1. The molecule has 2 N–H and O–H groups in total. The molecule has 1 heterocycles. The van der Waals surface area contributed by atoms with Crippen LogP contribution in [-0.4, -0.2) is 18.6 Å². The van der Waals surface area contributed by atoms with E-state index in [1.165, 1.54) is 30.5 Å². The first kappa shape index (κ1) is 13.7. The second kappa shape index (κ2) is 5.94. The van der Waals surface area contributed by atoms with Crippen molar-refractivity contribution in [1.82, 2.24) is 0 Å². The van der Waals surface area contributed by atoms with Crippen LogP contribution in [0.5, 0.6) is 0 Å². The summed E-state index contributed by atoms with van der Waals surface area (Å²) < 4.78 is 0. The molecule has 2 rings (SSSR count). The Balaban J connectivity index is 2.35. The van der Waals surface area contributed by atoms with Gasteiger partial charge in [0, 0.05) is 18.6 Å². The molecule has 0 amide bonds. The lowest BCUT2D eigenvalue weighted by Crippen LogP contribution is -2.30. The smallest absolute Gasteiger partial charge is 0.0642 e. The summed E-state index contributed by atoms with van der Waals surface area (Å²) in [6, 6.07) is 6.99. The van der Waals surface area contributed by atoms with E-state index in [4.69, 9.17) is 17.3 Å². The molecule has 0 aliphatic carbocycles. The molecule has 1 fully saturated rings. The Bertz CT molecular complexity index is 403. The Labute approximate surface area is 115 Å². The highest BCUT2D eigenvalue weighted by molar-refractivity contribution is 6.33. The van der Waals surface area contributed by atoms with Crippen molar-refractivity contribution in [3.63, 3.8) is 0 Å². The van der Waals surface area contributed by atoms with Crippen LogP contribution in [0.15, 0.2) is 18.2 Å². The number of benzene rings is 1. The quantitative estimate of drug-likeness (QED) is 0.902. The average molecular weight is 267 g/mol. The highest BCUT2D eigenvalue weighted by Crippen LogP contribution is 2.36. The van der Waals surface area contributed by atoms with Crippen molar-refractivity contribution in [3.05, 3.63) is 28.8 Å². The van der Waals surface area contributed by atoms with E-state index in [0.717, 1.165) is 18.0 Å². The number of hydrogen-bond acceptors (Lipinski definition) is 2. The third-order valence-electron chi connectivity index (χ3n) is 3.75. The first-order valence-electron chi connectivity index (χ1n) is 6.93. The van der Waals surface area contributed by atoms with Crippen LogP contribution in [0.1, 0.15) is 38.7 Å². The van der Waals surface area contributed by atoms with E-state index < -0.39 is 0 Å². The van der Waals surface area contributed by atoms with E-state index in [1.54, 1.807) is 0 Å². The Kier molecular flexibility index (Phi) is 4.52. The number of rotatable bonds is 4. The van der Waals surface area contributed by atoms with Gasteiger partial charge in [0.2, 0.25) is 0 Å². The number of hydrogen-bond donors (Lipinski definition) is 1. The fraction of sp³-hybridized carbons (Fsp3) is 0.600. The summed E-state index contributed by atoms with van der Waals surface area (Å²) in [6.07, 6.45) is 4.62. The van der Waals surface area contributed by atoms with Gasteiger partial charge in [0.15, 0.2) is 0 Å². The van der Waals surface area contributed by atoms with Gasteiger partial charge in [0.25, 0.3) is 0 Å². The van der Waals surface area contributed by atoms with E-state index in [-0.39, 0.29) is 6.04 Å². The van der Waals surface area contributed by atoms with E-state index >= 15 is 0 Å². The van der Waals surface area contributed by atoms with Crippen molar-refractivity contribution < 1.29 is 0 Å². The molecule has 0 saturated carbocycles. The van der Waals surface area contributed by atoms with Gasteiger partial charge in [0.1, 0.15) is 0 Å². The van der Waals surface area contributed by atoms with Crippen LogP contribution in [-0.2, 0) is 6.42 Å². The standard InChI is InChI=1S/C15H23ClN2/c1-3-13-7-5-9-18(13)15-12(10-11(2)17)6-4-8-14(15)16/h4,6,8,11,13H,3,5,7,9-10,17H2,1-2H3. The maximum Gasteiger partial charge on any atom is 0.0642 e. The van der Waals surface area contributed by atoms with Crippen LogP contribution in [0, 0.1) is 0 Å². The van der Waals surface area contributed by atoms with Gasteiger partial charge in [-0.15, -0.1) is 0 Å². The Morgan fingerprint density at radius 2 is 2.28 bits per heavy atom. The van der Waals surface area contributed by atoms with Crippen molar-refractivity contribution in [2.24, 2.45) is 5.73 Å². The number of nitrogens with two attached hydrogens (primary N) is 1. The predicted molar refractivity (Wildman–Crippen MR) is 79.5 cm³/mol. The zero-order chi connectivity index (χ0) is 13.1. The number of anilines is 1. The molecule has 0 aromatic heterocycles. The molecule has 2 unspecified atom stereocenters. The van der Waals surface area contributed by atoms with Crippen LogP contribution in [0.25, 0.3) is 0 Å².